The molecule has 0 saturated carbocycles. The summed E-state index contributed by atoms with van der Waals surface area (Å²) in [5.41, 5.74) is -1.56. The van der Waals surface area contributed by atoms with Crippen LogP contribution in [-0.2, 0) is 9.53 Å². The van der Waals surface area contributed by atoms with E-state index in [0.717, 1.165) is 6.42 Å². The van der Waals surface area contributed by atoms with Crippen LogP contribution in [0, 0.1) is 5.41 Å². The number of aliphatic carboxylic acids is 1. The topological polar surface area (TPSA) is 108 Å². The van der Waals surface area contributed by atoms with E-state index in [1.807, 2.05) is 13.8 Å². The number of nitrogens with one attached hydrogen (secondary N) is 2. The number of carboxylic acid groups (broad SMARTS) is 1. The Hall–Kier alpha value is -1.34. The fourth-order valence-electron chi connectivity index (χ4n) is 1.51. The molecule has 20 heavy (non-hydrogen) atoms. The van der Waals surface area contributed by atoms with Crippen LogP contribution in [-0.4, -0.2) is 54.6 Å². The van der Waals surface area contributed by atoms with Crippen LogP contribution in [0.15, 0.2) is 0 Å². The van der Waals surface area contributed by atoms with Gasteiger partial charge in [0.15, 0.2) is 0 Å². The minimum atomic E-state index is -1.46. The van der Waals surface area contributed by atoms with Gasteiger partial charge in [-0.05, 0) is 18.8 Å². The van der Waals surface area contributed by atoms with Crippen molar-refractivity contribution in [2.24, 2.45) is 5.41 Å². The van der Waals surface area contributed by atoms with Gasteiger partial charge in [-0.1, -0.05) is 13.8 Å². The first-order chi connectivity index (χ1) is 9.08. The zero-order valence-corrected chi connectivity index (χ0v) is 12.7. The Morgan fingerprint density at radius 3 is 2.20 bits per heavy atom. The van der Waals surface area contributed by atoms with E-state index in [9.17, 15) is 14.7 Å². The Kier molecular flexibility index (Phi) is 7.52. The summed E-state index contributed by atoms with van der Waals surface area (Å²) in [5.74, 6) is -1.11. The van der Waals surface area contributed by atoms with Crippen LogP contribution in [0.5, 0.6) is 0 Å². The number of carbonyl (C=O) groups is 2. The molecule has 118 valence electrons. The molecular weight excluding hydrogens is 264 g/mol. The quantitative estimate of drug-likeness (QED) is 0.496. The van der Waals surface area contributed by atoms with Gasteiger partial charge in [0, 0.05) is 26.8 Å². The predicted octanol–water partition coefficient (Wildman–Crippen LogP) is 0.574. The normalized spacial score (nSPS) is 14.4. The van der Waals surface area contributed by atoms with E-state index in [2.05, 4.69) is 10.6 Å². The molecule has 0 aliphatic rings. The molecule has 0 aromatic heterocycles. The lowest BCUT2D eigenvalue weighted by Crippen LogP contribution is -2.47. The summed E-state index contributed by atoms with van der Waals surface area (Å²) < 4.78 is 5.00. The minimum Gasteiger partial charge on any atom is -0.481 e. The smallest absolute Gasteiger partial charge is 0.314 e. The number of carbonyl (C=O) groups excluding carboxylic acids is 1. The van der Waals surface area contributed by atoms with Gasteiger partial charge in [0.2, 0.25) is 0 Å². The van der Waals surface area contributed by atoms with Gasteiger partial charge in [0.25, 0.3) is 0 Å². The molecule has 0 aliphatic heterocycles. The molecule has 0 aromatic carbocycles. The van der Waals surface area contributed by atoms with Crippen molar-refractivity contribution >= 4 is 12.0 Å². The van der Waals surface area contributed by atoms with E-state index in [0.29, 0.717) is 13.2 Å². The van der Waals surface area contributed by atoms with Crippen molar-refractivity contribution in [1.82, 2.24) is 10.6 Å². The molecule has 0 radical (unpaired) electrons. The van der Waals surface area contributed by atoms with Crippen molar-refractivity contribution < 1.29 is 24.5 Å². The first kappa shape index (κ1) is 18.7. The molecular formula is C13H26N2O5. The first-order valence-electron chi connectivity index (χ1n) is 6.53. The van der Waals surface area contributed by atoms with Crippen LogP contribution < -0.4 is 10.6 Å². The molecule has 0 bridgehead atoms. The fraction of sp³-hybridized carbons (Fsp3) is 0.846. The van der Waals surface area contributed by atoms with E-state index in [-0.39, 0.29) is 12.0 Å². The highest BCUT2D eigenvalue weighted by Gasteiger charge is 2.25. The maximum atomic E-state index is 11.6. The van der Waals surface area contributed by atoms with E-state index in [1.165, 1.54) is 6.92 Å². The van der Waals surface area contributed by atoms with Crippen LogP contribution >= 0.6 is 0 Å². The standard InChI is InChI=1S/C13H26N2O5/c1-12(2,5-6-20-4)8-14-11(18)15-9-13(3,19)7-10(16)17/h19H,5-9H2,1-4H3,(H,16,17)(H2,14,15,18). The van der Waals surface area contributed by atoms with Crippen molar-refractivity contribution in [1.29, 1.82) is 0 Å². The Morgan fingerprint density at radius 2 is 1.70 bits per heavy atom. The van der Waals surface area contributed by atoms with E-state index >= 15 is 0 Å². The number of amides is 2. The molecule has 1 unspecified atom stereocenters. The van der Waals surface area contributed by atoms with Crippen LogP contribution in [0.25, 0.3) is 0 Å². The molecule has 0 aromatic rings. The Balaban J connectivity index is 4.03. The van der Waals surface area contributed by atoms with Crippen molar-refractivity contribution in [3.05, 3.63) is 0 Å². The molecule has 0 aliphatic carbocycles. The average molecular weight is 290 g/mol. The number of urea groups is 1. The largest absolute Gasteiger partial charge is 0.481 e. The minimum absolute atomic E-state index is 0.100. The van der Waals surface area contributed by atoms with Gasteiger partial charge in [0.1, 0.15) is 0 Å². The molecule has 0 heterocycles. The van der Waals surface area contributed by atoms with E-state index in [1.54, 1.807) is 7.11 Å². The number of hydrogen-bond donors (Lipinski definition) is 4. The molecule has 7 nitrogen and oxygen atoms in total. The third-order valence-corrected chi connectivity index (χ3v) is 2.87. The van der Waals surface area contributed by atoms with E-state index < -0.39 is 24.0 Å². The molecule has 7 heteroatoms. The zero-order valence-electron chi connectivity index (χ0n) is 12.7. The van der Waals surface area contributed by atoms with Gasteiger partial charge in [-0.25, -0.2) is 4.79 Å². The maximum Gasteiger partial charge on any atom is 0.314 e. The van der Waals surface area contributed by atoms with Gasteiger partial charge >= 0.3 is 12.0 Å². The average Bonchev–Trinajstić information content (AvgIpc) is 2.30. The summed E-state index contributed by atoms with van der Waals surface area (Å²) in [4.78, 5) is 22.1. The fourth-order valence-corrected chi connectivity index (χ4v) is 1.51. The lowest BCUT2D eigenvalue weighted by molar-refractivity contribution is -0.141. The Bertz CT molecular complexity index is 329. The summed E-state index contributed by atoms with van der Waals surface area (Å²) >= 11 is 0. The monoisotopic (exact) mass is 290 g/mol. The second kappa shape index (κ2) is 8.06. The highest BCUT2D eigenvalue weighted by Crippen LogP contribution is 2.18. The Morgan fingerprint density at radius 1 is 1.15 bits per heavy atom. The molecule has 0 spiro atoms. The Labute approximate surface area is 119 Å². The summed E-state index contributed by atoms with van der Waals surface area (Å²) in [7, 11) is 1.63. The number of hydrogen-bond acceptors (Lipinski definition) is 4. The zero-order chi connectivity index (χ0) is 15.8. The van der Waals surface area contributed by atoms with Crippen LogP contribution in [0.2, 0.25) is 0 Å². The van der Waals surface area contributed by atoms with Crippen LogP contribution in [0.1, 0.15) is 33.6 Å². The van der Waals surface area contributed by atoms with E-state index in [4.69, 9.17) is 9.84 Å². The molecule has 2 amide bonds. The number of ether oxygens (including phenoxy) is 1. The number of methoxy groups -OCH3 is 1. The SMILES string of the molecule is COCCC(C)(C)CNC(=O)NCC(C)(O)CC(=O)O. The van der Waals surface area contributed by atoms with Gasteiger partial charge in [-0.15, -0.1) is 0 Å². The number of carboxylic acids is 1. The van der Waals surface area contributed by atoms with Gasteiger partial charge in [0.05, 0.1) is 12.0 Å². The lowest BCUT2D eigenvalue weighted by Gasteiger charge is -2.26. The highest BCUT2D eigenvalue weighted by molar-refractivity contribution is 5.74. The molecule has 0 saturated heterocycles. The summed E-state index contributed by atoms with van der Waals surface area (Å²) in [6, 6.07) is -0.429. The van der Waals surface area contributed by atoms with Crippen molar-refractivity contribution in [2.75, 3.05) is 26.8 Å². The first-order valence-corrected chi connectivity index (χ1v) is 6.53. The predicted molar refractivity (Wildman–Crippen MR) is 74.6 cm³/mol. The second-order valence-electron chi connectivity index (χ2n) is 6.01. The summed E-state index contributed by atoms with van der Waals surface area (Å²) in [6.45, 7) is 6.33. The summed E-state index contributed by atoms with van der Waals surface area (Å²) in [5, 5.41) is 23.5. The van der Waals surface area contributed by atoms with Crippen molar-refractivity contribution in [2.45, 2.75) is 39.2 Å². The number of aliphatic hydroxyl groups is 1. The van der Waals surface area contributed by atoms with Gasteiger partial charge in [-0.2, -0.15) is 0 Å². The van der Waals surface area contributed by atoms with Crippen LogP contribution in [0.3, 0.4) is 0 Å². The lowest BCUT2D eigenvalue weighted by atomic mass is 9.90. The molecule has 0 fully saturated rings. The second-order valence-corrected chi connectivity index (χ2v) is 6.01. The number of rotatable bonds is 9. The maximum absolute atomic E-state index is 11.6. The van der Waals surface area contributed by atoms with Gasteiger partial charge < -0.3 is 25.6 Å². The summed E-state index contributed by atoms with van der Waals surface area (Å²) in [6.07, 6.45) is 0.382. The molecule has 1 atom stereocenters. The van der Waals surface area contributed by atoms with Crippen molar-refractivity contribution in [3.8, 4) is 0 Å². The molecule has 0 rings (SSSR count). The van der Waals surface area contributed by atoms with Crippen LogP contribution in [0.4, 0.5) is 4.79 Å². The highest BCUT2D eigenvalue weighted by atomic mass is 16.5. The molecule has 4 N–H and O–H groups in total. The third kappa shape index (κ3) is 9.57. The van der Waals surface area contributed by atoms with Crippen molar-refractivity contribution in [3.63, 3.8) is 0 Å². The van der Waals surface area contributed by atoms with Gasteiger partial charge in [-0.3, -0.25) is 4.79 Å². The third-order valence-electron chi connectivity index (χ3n) is 2.87.